The Balaban J connectivity index is -0.0000000492. The standard InChI is InChI=1S/3Li.2H4O7P2.V/c;;;2*1-8(2,3)7-9(4,5)6;/h;;;2*(H2,1,2,3)(H2,4,5,6);/q3*+1;;;/p-8. The van der Waals surface area contributed by atoms with Gasteiger partial charge in [-0.2, -0.15) is 0 Å². The Morgan fingerprint density at radius 2 is 0.545 bits per heavy atom. The van der Waals surface area contributed by atoms with E-state index in [1.54, 1.807) is 0 Å². The van der Waals surface area contributed by atoms with E-state index in [1.165, 1.54) is 0 Å². The van der Waals surface area contributed by atoms with Crippen molar-refractivity contribution in [3.8, 4) is 0 Å². The van der Waals surface area contributed by atoms with E-state index in [-0.39, 0.29) is 75.1 Å². The summed E-state index contributed by atoms with van der Waals surface area (Å²) in [6, 6.07) is 0. The molecule has 0 bridgehead atoms. The first-order valence-electron chi connectivity index (χ1n) is 2.92. The molecule has 0 N–H and O–H groups in total. The van der Waals surface area contributed by atoms with Gasteiger partial charge in [-0.05, 0) is 0 Å². The van der Waals surface area contributed by atoms with E-state index < -0.39 is 31.3 Å². The molecule has 0 rings (SSSR count). The summed E-state index contributed by atoms with van der Waals surface area (Å²) in [4.78, 5) is 74.6. The summed E-state index contributed by atoms with van der Waals surface area (Å²) in [6.45, 7) is 0. The second kappa shape index (κ2) is 15.0. The molecule has 14 nitrogen and oxygen atoms in total. The Morgan fingerprint density at radius 3 is 0.545 bits per heavy atom. The van der Waals surface area contributed by atoms with Gasteiger partial charge in [0.05, 0.1) is 31.3 Å². The first-order chi connectivity index (χ1) is 7.41. The minimum atomic E-state index is -5.68. The molecule has 0 aromatic carbocycles. The van der Waals surface area contributed by atoms with Gasteiger partial charge in [0.1, 0.15) is 0 Å². The zero-order valence-electron chi connectivity index (χ0n) is 11.0. The van der Waals surface area contributed by atoms with Gasteiger partial charge in [-0.3, -0.25) is 0 Å². The van der Waals surface area contributed by atoms with E-state index in [9.17, 15) is 57.4 Å². The third-order valence-corrected chi connectivity index (χ3v) is 3.60. The smallest absolute Gasteiger partial charge is 0.790 e. The second-order valence-corrected chi connectivity index (χ2v) is 6.84. The van der Waals surface area contributed by atoms with Crippen molar-refractivity contribution in [3.05, 3.63) is 0 Å². The molecule has 0 saturated carbocycles. The van der Waals surface area contributed by atoms with Crippen LogP contribution in [0.25, 0.3) is 0 Å². The summed E-state index contributed by atoms with van der Waals surface area (Å²) in [6.07, 6.45) is 0. The first-order valence-corrected chi connectivity index (χ1v) is 8.76. The number of hydrogen-bond acceptors (Lipinski definition) is 14. The molecule has 0 aromatic rings. The summed E-state index contributed by atoms with van der Waals surface area (Å²) in [5.41, 5.74) is 0. The molecule has 0 amide bonds. The molecule has 22 heavy (non-hydrogen) atoms. The molecule has 0 aliphatic rings. The van der Waals surface area contributed by atoms with Gasteiger partial charge < -0.3 is 66.0 Å². The molecule has 0 heterocycles. The molecule has 22 heteroatoms. The van der Waals surface area contributed by atoms with Gasteiger partial charge in [0.25, 0.3) is 0 Å². The van der Waals surface area contributed by atoms with Crippen LogP contribution in [-0.4, -0.2) is 0 Å². The largest absolute Gasteiger partial charge is 1.00 e. The molecule has 1 radical (unpaired) electrons. The quantitative estimate of drug-likeness (QED) is 0.302. The van der Waals surface area contributed by atoms with Crippen molar-refractivity contribution in [1.29, 1.82) is 0 Å². The Hall–Kier alpha value is 2.90. The maximum absolute atomic E-state index is 9.32. The molecule has 0 fully saturated rings. The van der Waals surface area contributed by atoms with Crippen molar-refractivity contribution in [3.63, 3.8) is 0 Å². The third kappa shape index (κ3) is 49.5. The number of phosphoric acid groups is 4. The fourth-order valence-electron chi connectivity index (χ4n) is 0.245. The van der Waals surface area contributed by atoms with Gasteiger partial charge in [-0.15, -0.1) is 0 Å². The van der Waals surface area contributed by atoms with E-state index in [4.69, 9.17) is 0 Å². The Morgan fingerprint density at radius 1 is 0.455 bits per heavy atom. The van der Waals surface area contributed by atoms with Gasteiger partial charge in [-0.1, -0.05) is 0 Å². The van der Waals surface area contributed by atoms with Crippen LogP contribution in [0.3, 0.4) is 0 Å². The number of hydrogen-bond donors (Lipinski definition) is 0. The van der Waals surface area contributed by atoms with Crippen LogP contribution in [0.1, 0.15) is 0 Å². The number of rotatable bonds is 4. The van der Waals surface area contributed by atoms with Gasteiger partial charge in [0, 0.05) is 18.6 Å². The van der Waals surface area contributed by atoms with Gasteiger partial charge in [0.15, 0.2) is 0 Å². The molecule has 0 aliphatic carbocycles. The van der Waals surface area contributed by atoms with Gasteiger partial charge in [0.2, 0.25) is 0 Å². The van der Waals surface area contributed by atoms with Crippen LogP contribution in [0.15, 0.2) is 0 Å². The van der Waals surface area contributed by atoms with Crippen molar-refractivity contribution in [2.75, 3.05) is 0 Å². The summed E-state index contributed by atoms with van der Waals surface area (Å²) in [5.74, 6) is 0. The van der Waals surface area contributed by atoms with Crippen molar-refractivity contribution >= 4 is 31.3 Å². The molecule has 0 spiro atoms. The zero-order chi connectivity index (χ0) is 15.4. The van der Waals surface area contributed by atoms with Crippen molar-refractivity contribution in [2.24, 2.45) is 0 Å². The zero-order valence-corrected chi connectivity index (χ0v) is 15.9. The minimum Gasteiger partial charge on any atom is -0.790 e. The van der Waals surface area contributed by atoms with E-state index in [1.807, 2.05) is 0 Å². The molecule has 0 atom stereocenters. The van der Waals surface area contributed by atoms with Crippen molar-refractivity contribution < 1.29 is 141 Å². The van der Waals surface area contributed by atoms with E-state index in [0.29, 0.717) is 0 Å². The van der Waals surface area contributed by atoms with E-state index in [0.717, 1.165) is 0 Å². The molecule has 0 aliphatic heterocycles. The van der Waals surface area contributed by atoms with Crippen LogP contribution in [-0.2, 0) is 45.4 Å². The Labute approximate surface area is 171 Å². The van der Waals surface area contributed by atoms with E-state index >= 15 is 0 Å². The molecule has 0 unspecified atom stereocenters. The van der Waals surface area contributed by atoms with Crippen molar-refractivity contribution in [2.45, 2.75) is 0 Å². The van der Waals surface area contributed by atoms with E-state index in [2.05, 4.69) is 8.62 Å². The van der Waals surface area contributed by atoms with Gasteiger partial charge >= 0.3 is 56.6 Å². The molecule has 117 valence electrons. The minimum absolute atomic E-state index is 0. The predicted octanol–water partition coefficient (Wildman–Crippen LogP) is -15.7. The average molecular weight is 420 g/mol. The molecular weight excluding hydrogens is 420 g/mol. The fraction of sp³-hybridized carbons (Fsp3) is 0. The second-order valence-electron chi connectivity index (χ2n) is 1.95. The van der Waals surface area contributed by atoms with Crippen LogP contribution in [0, 0.1) is 0 Å². The molecule has 0 aromatic heterocycles. The maximum atomic E-state index is 9.32. The summed E-state index contributed by atoms with van der Waals surface area (Å²) in [5, 5.41) is 0. The van der Waals surface area contributed by atoms with Gasteiger partial charge in [-0.25, -0.2) is 0 Å². The SMILES string of the molecule is O=P([O-])([O-])OP(=O)([O-])[O-].O=P([O-])([O-])OP(=O)([O-])[O-].[Li+].[Li+].[Li+].[V]. The summed E-state index contributed by atoms with van der Waals surface area (Å²) < 4.78 is 42.3. The topological polar surface area (TPSA) is 271 Å². The van der Waals surface area contributed by atoms with Crippen LogP contribution in [0.4, 0.5) is 0 Å². The monoisotopic (exact) mass is 420 g/mol. The summed E-state index contributed by atoms with van der Waals surface area (Å²) >= 11 is 0. The Bertz CT molecular complexity index is 355. The average Bonchev–Trinajstić information content (AvgIpc) is 1.64. The first kappa shape index (κ1) is 39.8. The third-order valence-electron chi connectivity index (χ3n) is 0.400. The van der Waals surface area contributed by atoms with Crippen LogP contribution < -0.4 is 95.7 Å². The van der Waals surface area contributed by atoms with Crippen LogP contribution >= 0.6 is 31.3 Å². The normalized spacial score (nSPS) is 11.3. The summed E-state index contributed by atoms with van der Waals surface area (Å²) in [7, 11) is -22.7. The molecule has 0 saturated heterocycles. The fourth-order valence-corrected chi connectivity index (χ4v) is 2.20. The maximum Gasteiger partial charge on any atom is 1.00 e. The van der Waals surface area contributed by atoms with Crippen molar-refractivity contribution in [1.82, 2.24) is 0 Å². The Kier molecular flexibility index (Phi) is 27.2. The van der Waals surface area contributed by atoms with Crippen LogP contribution in [0.5, 0.6) is 0 Å². The molecular formula is Li3O14P4V-5. The predicted molar refractivity (Wildman–Crippen MR) is 32.6 cm³/mol. The van der Waals surface area contributed by atoms with Crippen LogP contribution in [0.2, 0.25) is 0 Å².